The molecule has 0 saturated heterocycles. The summed E-state index contributed by atoms with van der Waals surface area (Å²) in [4.78, 5) is 30.2. The lowest BCUT2D eigenvalue weighted by atomic mass is 10.3. The van der Waals surface area contributed by atoms with Gasteiger partial charge in [0.25, 0.3) is 0 Å². The van der Waals surface area contributed by atoms with Gasteiger partial charge in [0.05, 0.1) is 5.75 Å². The number of hydrogen-bond donors (Lipinski definition) is 4. The van der Waals surface area contributed by atoms with Crippen LogP contribution in [0.15, 0.2) is 12.4 Å². The zero-order chi connectivity index (χ0) is 19.6. The van der Waals surface area contributed by atoms with Crippen LogP contribution in [0.25, 0.3) is 0 Å². The number of aromatic nitrogens is 2. The molecule has 0 aromatic carbocycles. The highest BCUT2D eigenvalue weighted by Crippen LogP contribution is 2.17. The van der Waals surface area contributed by atoms with Gasteiger partial charge in [0.15, 0.2) is 17.4 Å². The molecular weight excluding hydrogens is 390 g/mol. The molecule has 0 aliphatic rings. The largest absolute Gasteiger partial charge is 0.480 e. The summed E-state index contributed by atoms with van der Waals surface area (Å²) in [7, 11) is -2.60. The van der Waals surface area contributed by atoms with Crippen LogP contribution in [0.5, 0.6) is 0 Å². The molecule has 4 N–H and O–H groups in total. The summed E-state index contributed by atoms with van der Waals surface area (Å²) in [6.45, 7) is 8.76. The monoisotopic (exact) mass is 417 g/mol. The SMILES string of the molecule is C[SiH](C)O[Si](C)(C)CSCc1ncc(CNNC(=O)NCC(=O)O)cn1. The summed E-state index contributed by atoms with van der Waals surface area (Å²) in [6, 6.07) is -0.611. The van der Waals surface area contributed by atoms with Gasteiger partial charge in [-0.1, -0.05) is 0 Å². The van der Waals surface area contributed by atoms with E-state index in [-0.39, 0.29) is 0 Å². The average molecular weight is 418 g/mol. The van der Waals surface area contributed by atoms with Crippen molar-refractivity contribution in [1.29, 1.82) is 0 Å². The molecule has 12 heteroatoms. The van der Waals surface area contributed by atoms with Crippen LogP contribution in [-0.4, -0.2) is 56.4 Å². The molecule has 0 radical (unpaired) electrons. The van der Waals surface area contributed by atoms with E-state index in [9.17, 15) is 9.59 Å². The smallest absolute Gasteiger partial charge is 0.329 e. The van der Waals surface area contributed by atoms with E-state index in [0.29, 0.717) is 6.54 Å². The Balaban J connectivity index is 2.28. The van der Waals surface area contributed by atoms with Crippen molar-refractivity contribution >= 4 is 41.1 Å². The first kappa shape index (κ1) is 22.6. The van der Waals surface area contributed by atoms with Gasteiger partial charge in [-0.05, 0) is 26.2 Å². The van der Waals surface area contributed by atoms with Gasteiger partial charge in [0.2, 0.25) is 0 Å². The van der Waals surface area contributed by atoms with Gasteiger partial charge in [-0.2, -0.15) is 11.8 Å². The fraction of sp³-hybridized carbons (Fsp3) is 0.571. The van der Waals surface area contributed by atoms with Crippen LogP contribution in [0.4, 0.5) is 4.79 Å². The number of carboxylic acids is 1. The lowest BCUT2D eigenvalue weighted by Gasteiger charge is -2.25. The van der Waals surface area contributed by atoms with E-state index in [0.717, 1.165) is 22.5 Å². The molecular formula is C14H27N5O4SSi2. The lowest BCUT2D eigenvalue weighted by molar-refractivity contribution is -0.135. The number of nitrogens with zero attached hydrogens (tertiary/aromatic N) is 2. The second kappa shape index (κ2) is 11.3. The quantitative estimate of drug-likeness (QED) is 0.308. The van der Waals surface area contributed by atoms with E-state index in [1.54, 1.807) is 24.2 Å². The minimum Gasteiger partial charge on any atom is -0.480 e. The van der Waals surface area contributed by atoms with Crippen LogP contribution in [0.3, 0.4) is 0 Å². The number of urea groups is 1. The summed E-state index contributed by atoms with van der Waals surface area (Å²) in [6.07, 6.45) is 3.40. The Morgan fingerprint density at radius 1 is 1.31 bits per heavy atom. The van der Waals surface area contributed by atoms with Gasteiger partial charge < -0.3 is 14.5 Å². The van der Waals surface area contributed by atoms with E-state index in [1.807, 2.05) is 0 Å². The highest BCUT2D eigenvalue weighted by molar-refractivity contribution is 8.00. The Bertz CT molecular complexity index is 589. The van der Waals surface area contributed by atoms with Gasteiger partial charge in [0, 0.05) is 29.9 Å². The van der Waals surface area contributed by atoms with Crippen LogP contribution in [0.2, 0.25) is 26.2 Å². The van der Waals surface area contributed by atoms with Crippen LogP contribution >= 0.6 is 11.8 Å². The van der Waals surface area contributed by atoms with Gasteiger partial charge in [-0.25, -0.2) is 20.2 Å². The van der Waals surface area contributed by atoms with Crippen LogP contribution < -0.4 is 16.2 Å². The van der Waals surface area contributed by atoms with Gasteiger partial charge >= 0.3 is 12.0 Å². The minimum absolute atomic E-state index is 0.334. The molecule has 146 valence electrons. The topological polar surface area (TPSA) is 125 Å². The van der Waals surface area contributed by atoms with Crippen molar-refractivity contribution in [2.75, 3.05) is 11.9 Å². The third-order valence-corrected chi connectivity index (χ3v) is 11.4. The molecule has 0 aliphatic carbocycles. The number of hydrogen-bond acceptors (Lipinski definition) is 7. The zero-order valence-corrected chi connectivity index (χ0v) is 18.5. The van der Waals surface area contributed by atoms with Crippen molar-refractivity contribution in [2.24, 2.45) is 0 Å². The minimum atomic E-state index is -1.60. The first-order valence-electron chi connectivity index (χ1n) is 8.22. The number of rotatable bonds is 11. The number of thioether (sulfide) groups is 1. The predicted octanol–water partition coefficient (Wildman–Crippen LogP) is 0.843. The molecule has 26 heavy (non-hydrogen) atoms. The molecule has 1 rings (SSSR count). The second-order valence-corrected chi connectivity index (χ2v) is 14.9. The molecule has 9 nitrogen and oxygen atoms in total. The number of carbonyl (C=O) groups is 2. The molecule has 2 amide bonds. The summed E-state index contributed by atoms with van der Waals surface area (Å²) in [5, 5.41) is 11.6. The third kappa shape index (κ3) is 10.5. The van der Waals surface area contributed by atoms with Crippen molar-refractivity contribution < 1.29 is 18.8 Å². The maximum absolute atomic E-state index is 11.3. The summed E-state index contributed by atoms with van der Waals surface area (Å²) < 4.78 is 6.12. The van der Waals surface area contributed by atoms with E-state index < -0.39 is 35.9 Å². The van der Waals surface area contributed by atoms with Gasteiger partial charge in [-0.3, -0.25) is 10.2 Å². The van der Waals surface area contributed by atoms with Crippen molar-refractivity contribution in [3.05, 3.63) is 23.8 Å². The molecule has 0 fully saturated rings. The Kier molecular flexibility index (Phi) is 9.79. The van der Waals surface area contributed by atoms with Crippen molar-refractivity contribution in [2.45, 2.75) is 38.5 Å². The van der Waals surface area contributed by atoms with Crippen LogP contribution in [0.1, 0.15) is 11.4 Å². The van der Waals surface area contributed by atoms with Crippen molar-refractivity contribution in [3.63, 3.8) is 0 Å². The first-order valence-corrected chi connectivity index (χ1v) is 15.3. The molecule has 0 aliphatic heterocycles. The molecule has 0 spiro atoms. The highest BCUT2D eigenvalue weighted by atomic mass is 32.2. The van der Waals surface area contributed by atoms with E-state index in [4.69, 9.17) is 9.22 Å². The zero-order valence-electron chi connectivity index (χ0n) is 15.5. The van der Waals surface area contributed by atoms with Crippen molar-refractivity contribution in [1.82, 2.24) is 26.1 Å². The summed E-state index contributed by atoms with van der Waals surface area (Å²) >= 11 is 1.80. The lowest BCUT2D eigenvalue weighted by Crippen LogP contribution is -2.45. The number of aliphatic carboxylic acids is 1. The summed E-state index contributed by atoms with van der Waals surface area (Å²) in [5.74, 6) is 0.395. The van der Waals surface area contributed by atoms with Crippen LogP contribution in [0, 0.1) is 0 Å². The molecule has 0 bridgehead atoms. The fourth-order valence-corrected chi connectivity index (χ4v) is 10.7. The summed E-state index contributed by atoms with van der Waals surface area (Å²) in [5.41, 5.74) is 5.82. The molecule has 1 heterocycles. The van der Waals surface area contributed by atoms with Crippen LogP contribution in [-0.2, 0) is 21.2 Å². The van der Waals surface area contributed by atoms with Crippen molar-refractivity contribution in [3.8, 4) is 0 Å². The molecule has 0 unspecified atom stereocenters. The molecule has 0 saturated carbocycles. The number of amides is 2. The molecule has 1 aromatic rings. The highest BCUT2D eigenvalue weighted by Gasteiger charge is 2.23. The second-order valence-electron chi connectivity index (χ2n) is 6.48. The Hall–Kier alpha value is -1.48. The third-order valence-electron chi connectivity index (χ3n) is 2.89. The normalized spacial score (nSPS) is 11.4. The Morgan fingerprint density at radius 2 is 1.96 bits per heavy atom. The fourth-order valence-electron chi connectivity index (χ4n) is 2.03. The van der Waals surface area contributed by atoms with Gasteiger partial charge in [0.1, 0.15) is 12.4 Å². The van der Waals surface area contributed by atoms with E-state index >= 15 is 0 Å². The Morgan fingerprint density at radius 3 is 2.54 bits per heavy atom. The first-order chi connectivity index (χ1) is 12.2. The van der Waals surface area contributed by atoms with Gasteiger partial charge in [-0.15, -0.1) is 0 Å². The number of carboxylic acid groups (broad SMARTS) is 1. The number of nitrogens with one attached hydrogen (secondary N) is 3. The van der Waals surface area contributed by atoms with E-state index in [2.05, 4.69) is 52.3 Å². The van der Waals surface area contributed by atoms with E-state index in [1.165, 1.54) is 0 Å². The predicted molar refractivity (Wildman–Crippen MR) is 107 cm³/mol. The average Bonchev–Trinajstić information content (AvgIpc) is 2.53. The molecule has 1 aromatic heterocycles. The number of carbonyl (C=O) groups excluding carboxylic acids is 1. The maximum Gasteiger partial charge on any atom is 0.329 e. The maximum atomic E-state index is 11.3. The number of hydrazine groups is 1. The standard InChI is InChI=1S/C14H27N5O4SSi2/c1-25(2)23-26(3,4)10-24-9-12-15-5-11(6-16-12)7-18-19-14(22)17-8-13(20)21/h5-6,18,25H,7-10H2,1-4H3,(H,20,21)(H2,17,19,22). The Labute approximate surface area is 160 Å². The molecule has 0 atom stereocenters.